The van der Waals surface area contributed by atoms with Crippen molar-refractivity contribution in [3.05, 3.63) is 106 Å². The van der Waals surface area contributed by atoms with Crippen LogP contribution >= 0.6 is 11.6 Å². The smallest absolute Gasteiger partial charge is 0.159 e. The van der Waals surface area contributed by atoms with Gasteiger partial charge >= 0.3 is 0 Å². The number of hydrogen-bond acceptors (Lipinski definition) is 3. The zero-order chi connectivity index (χ0) is 21.7. The second-order valence-corrected chi connectivity index (χ2v) is 8.11. The van der Waals surface area contributed by atoms with Crippen molar-refractivity contribution >= 4 is 11.6 Å². The molecule has 0 aromatic heterocycles. The van der Waals surface area contributed by atoms with Gasteiger partial charge in [0.2, 0.25) is 0 Å². The summed E-state index contributed by atoms with van der Waals surface area (Å²) in [5, 5.41) is 4.01. The minimum absolute atomic E-state index is 0.146. The summed E-state index contributed by atoms with van der Waals surface area (Å²) >= 11 is 6.12. The molecule has 3 aromatic rings. The Labute approximate surface area is 186 Å². The van der Waals surface area contributed by atoms with Crippen LogP contribution in [0.15, 0.2) is 72.8 Å². The van der Waals surface area contributed by atoms with E-state index >= 15 is 0 Å². The maximum absolute atomic E-state index is 13.6. The summed E-state index contributed by atoms with van der Waals surface area (Å²) in [5.41, 5.74) is 1.90. The van der Waals surface area contributed by atoms with Gasteiger partial charge in [-0.1, -0.05) is 60.1 Å². The number of ether oxygens (including phenoxy) is 2. The van der Waals surface area contributed by atoms with E-state index in [-0.39, 0.29) is 12.7 Å². The van der Waals surface area contributed by atoms with Gasteiger partial charge < -0.3 is 14.8 Å². The Kier molecular flexibility index (Phi) is 6.98. The molecule has 0 aliphatic carbocycles. The van der Waals surface area contributed by atoms with Gasteiger partial charge in [0, 0.05) is 11.6 Å². The van der Waals surface area contributed by atoms with E-state index in [1.165, 1.54) is 12.1 Å². The fourth-order valence-electron chi connectivity index (χ4n) is 3.95. The second-order valence-electron chi connectivity index (χ2n) is 7.67. The summed E-state index contributed by atoms with van der Waals surface area (Å²) in [6, 6.07) is 21.4. The van der Waals surface area contributed by atoms with E-state index in [2.05, 4.69) is 5.32 Å². The van der Waals surface area contributed by atoms with Crippen molar-refractivity contribution in [3.63, 3.8) is 0 Å². The van der Waals surface area contributed by atoms with E-state index in [1.54, 1.807) is 0 Å². The van der Waals surface area contributed by atoms with Gasteiger partial charge in [0.15, 0.2) is 11.6 Å². The van der Waals surface area contributed by atoms with Crippen LogP contribution in [0.2, 0.25) is 5.02 Å². The predicted molar refractivity (Wildman–Crippen MR) is 117 cm³/mol. The Morgan fingerprint density at radius 2 is 1.68 bits per heavy atom. The number of piperidine rings is 1. The molecule has 162 valence electrons. The molecule has 0 saturated carbocycles. The minimum Gasteiger partial charge on any atom is -0.369 e. The van der Waals surface area contributed by atoms with Gasteiger partial charge in [-0.05, 0) is 53.9 Å². The van der Waals surface area contributed by atoms with E-state index in [0.717, 1.165) is 23.7 Å². The summed E-state index contributed by atoms with van der Waals surface area (Å²) in [6.07, 6.45) is 0.364. The van der Waals surface area contributed by atoms with Crippen molar-refractivity contribution in [2.24, 2.45) is 0 Å². The van der Waals surface area contributed by atoms with Gasteiger partial charge in [-0.25, -0.2) is 8.78 Å². The van der Waals surface area contributed by atoms with Gasteiger partial charge in [0.1, 0.15) is 11.7 Å². The van der Waals surface area contributed by atoms with Crippen LogP contribution in [0.5, 0.6) is 0 Å². The average Bonchev–Trinajstić information content (AvgIpc) is 2.80. The third-order valence-corrected chi connectivity index (χ3v) is 5.88. The van der Waals surface area contributed by atoms with Crippen LogP contribution in [0.4, 0.5) is 8.78 Å². The van der Waals surface area contributed by atoms with E-state index in [9.17, 15) is 8.78 Å². The largest absolute Gasteiger partial charge is 0.369 e. The van der Waals surface area contributed by atoms with Crippen molar-refractivity contribution in [3.8, 4) is 0 Å². The summed E-state index contributed by atoms with van der Waals surface area (Å²) in [5.74, 6) is -1.75. The molecule has 0 bridgehead atoms. The van der Waals surface area contributed by atoms with E-state index in [0.29, 0.717) is 30.2 Å². The first kappa shape index (κ1) is 21.9. The molecular formula is C25H24ClF2NO2. The minimum atomic E-state index is -0.882. The van der Waals surface area contributed by atoms with Gasteiger partial charge in [0.05, 0.1) is 13.2 Å². The van der Waals surface area contributed by atoms with Gasteiger partial charge in [-0.3, -0.25) is 0 Å². The van der Waals surface area contributed by atoms with Crippen LogP contribution in [0.1, 0.15) is 23.1 Å². The standard InChI is InChI=1S/C25H24ClF2NO2/c26-21-9-7-20(8-10-21)25(31-17-18-4-2-1-3-5-18)12-13-29-15-24(25)30-16-19-6-11-22(27)23(28)14-19/h1-11,14,24,29H,12-13,15-17H2/t24-,25+/m0/s1. The monoisotopic (exact) mass is 443 g/mol. The highest BCUT2D eigenvalue weighted by Gasteiger charge is 2.44. The Morgan fingerprint density at radius 1 is 0.903 bits per heavy atom. The molecule has 0 unspecified atom stereocenters. The molecule has 2 atom stereocenters. The molecule has 3 nitrogen and oxygen atoms in total. The zero-order valence-electron chi connectivity index (χ0n) is 17.0. The number of benzene rings is 3. The molecule has 6 heteroatoms. The number of hydrogen-bond donors (Lipinski definition) is 1. The van der Waals surface area contributed by atoms with Crippen molar-refractivity contribution in [2.75, 3.05) is 13.1 Å². The van der Waals surface area contributed by atoms with E-state index in [1.807, 2.05) is 54.6 Å². The van der Waals surface area contributed by atoms with Crippen molar-refractivity contribution in [1.82, 2.24) is 5.32 Å². The average molecular weight is 444 g/mol. The lowest BCUT2D eigenvalue weighted by Gasteiger charge is -2.44. The summed E-state index contributed by atoms with van der Waals surface area (Å²) < 4.78 is 39.7. The number of nitrogens with one attached hydrogen (secondary N) is 1. The molecule has 1 fully saturated rings. The fourth-order valence-corrected chi connectivity index (χ4v) is 4.08. The third-order valence-electron chi connectivity index (χ3n) is 5.63. The summed E-state index contributed by atoms with van der Waals surface area (Å²) in [6.45, 7) is 1.91. The highest BCUT2D eigenvalue weighted by atomic mass is 35.5. The molecule has 0 spiro atoms. The van der Waals surface area contributed by atoms with Crippen LogP contribution < -0.4 is 5.32 Å². The van der Waals surface area contributed by atoms with E-state index < -0.39 is 17.2 Å². The fraction of sp³-hybridized carbons (Fsp3) is 0.280. The van der Waals surface area contributed by atoms with Crippen molar-refractivity contribution < 1.29 is 18.3 Å². The lowest BCUT2D eigenvalue weighted by molar-refractivity contribution is -0.176. The highest BCUT2D eigenvalue weighted by Crippen LogP contribution is 2.38. The van der Waals surface area contributed by atoms with Gasteiger partial charge in [-0.15, -0.1) is 0 Å². The molecule has 1 aliphatic rings. The quantitative estimate of drug-likeness (QED) is 0.515. The van der Waals surface area contributed by atoms with Crippen LogP contribution in [0.25, 0.3) is 0 Å². The third kappa shape index (κ3) is 5.13. The first-order chi connectivity index (χ1) is 15.1. The van der Waals surface area contributed by atoms with Gasteiger partial charge in [0.25, 0.3) is 0 Å². The number of rotatable bonds is 7. The Balaban J connectivity index is 1.60. The lowest BCUT2D eigenvalue weighted by atomic mass is 9.82. The molecule has 31 heavy (non-hydrogen) atoms. The first-order valence-electron chi connectivity index (χ1n) is 10.3. The molecular weight excluding hydrogens is 420 g/mol. The Bertz CT molecular complexity index is 1000. The highest BCUT2D eigenvalue weighted by molar-refractivity contribution is 6.30. The Hall–Kier alpha value is -2.31. The molecule has 1 saturated heterocycles. The van der Waals surface area contributed by atoms with Crippen LogP contribution in [0, 0.1) is 11.6 Å². The van der Waals surface area contributed by atoms with Crippen LogP contribution in [-0.4, -0.2) is 19.2 Å². The van der Waals surface area contributed by atoms with Crippen molar-refractivity contribution in [2.45, 2.75) is 31.3 Å². The lowest BCUT2D eigenvalue weighted by Crippen LogP contribution is -2.54. The molecule has 4 rings (SSSR count). The first-order valence-corrected chi connectivity index (χ1v) is 10.6. The number of halogens is 3. The maximum Gasteiger partial charge on any atom is 0.159 e. The maximum atomic E-state index is 13.6. The molecule has 0 radical (unpaired) electrons. The van der Waals surface area contributed by atoms with Crippen molar-refractivity contribution in [1.29, 1.82) is 0 Å². The molecule has 0 amide bonds. The molecule has 1 heterocycles. The van der Waals surface area contributed by atoms with Crippen LogP contribution in [-0.2, 0) is 28.3 Å². The van der Waals surface area contributed by atoms with Gasteiger partial charge in [-0.2, -0.15) is 0 Å². The summed E-state index contributed by atoms with van der Waals surface area (Å²) in [4.78, 5) is 0. The molecule has 3 aromatic carbocycles. The second kappa shape index (κ2) is 9.88. The summed E-state index contributed by atoms with van der Waals surface area (Å²) in [7, 11) is 0. The topological polar surface area (TPSA) is 30.5 Å². The SMILES string of the molecule is Fc1ccc(CO[C@H]2CNCC[C@@]2(OCc2ccccc2)c2ccc(Cl)cc2)cc1F. The molecule has 1 N–H and O–H groups in total. The predicted octanol–water partition coefficient (Wildman–Crippen LogP) is 5.61. The molecule has 1 aliphatic heterocycles. The van der Waals surface area contributed by atoms with E-state index in [4.69, 9.17) is 21.1 Å². The zero-order valence-corrected chi connectivity index (χ0v) is 17.7. The Morgan fingerprint density at radius 3 is 2.42 bits per heavy atom. The normalized spacial score (nSPS) is 21.2. The van der Waals surface area contributed by atoms with Crippen LogP contribution in [0.3, 0.4) is 0 Å².